The Bertz CT molecular complexity index is 498. The van der Waals surface area contributed by atoms with Crippen molar-refractivity contribution in [2.24, 2.45) is 0 Å². The minimum atomic E-state index is 0.298. The third-order valence-electron chi connectivity index (χ3n) is 4.77. The van der Waals surface area contributed by atoms with E-state index in [1.165, 1.54) is 36.0 Å². The van der Waals surface area contributed by atoms with Gasteiger partial charge in [-0.05, 0) is 39.3 Å². The number of hydrogen-bond donors (Lipinski definition) is 1. The minimum absolute atomic E-state index is 0.298. The van der Waals surface area contributed by atoms with E-state index in [-0.39, 0.29) is 0 Å². The lowest BCUT2D eigenvalue weighted by Crippen LogP contribution is -2.28. The highest BCUT2D eigenvalue weighted by atomic mass is 16.5. The Morgan fingerprint density at radius 1 is 1.10 bits per heavy atom. The molecule has 4 rings (SSSR count). The number of benzene rings is 1. The molecule has 1 N–H and O–H groups in total. The molecule has 3 nitrogen and oxygen atoms in total. The van der Waals surface area contributed by atoms with E-state index >= 15 is 0 Å². The first kappa shape index (κ1) is 12.5. The second-order valence-corrected chi connectivity index (χ2v) is 6.52. The summed E-state index contributed by atoms with van der Waals surface area (Å²) in [6, 6.07) is 2.68. The molecular weight excluding hydrogens is 250 g/mol. The first-order valence-corrected chi connectivity index (χ1v) is 7.97. The monoisotopic (exact) mass is 273 g/mol. The second-order valence-electron chi connectivity index (χ2n) is 6.52. The highest BCUT2D eigenvalue weighted by Gasteiger charge is 2.34. The van der Waals surface area contributed by atoms with Crippen LogP contribution in [0.3, 0.4) is 0 Å². The molecule has 3 atom stereocenters. The summed E-state index contributed by atoms with van der Waals surface area (Å²) in [7, 11) is 0. The van der Waals surface area contributed by atoms with Gasteiger partial charge in [-0.15, -0.1) is 0 Å². The highest BCUT2D eigenvalue weighted by molar-refractivity contribution is 5.58. The van der Waals surface area contributed by atoms with Crippen LogP contribution in [0.4, 0.5) is 0 Å². The number of rotatable bonds is 1. The molecule has 1 aromatic carbocycles. The van der Waals surface area contributed by atoms with Crippen molar-refractivity contribution >= 4 is 0 Å². The van der Waals surface area contributed by atoms with Crippen LogP contribution in [-0.2, 0) is 12.8 Å². The molecule has 1 saturated heterocycles. The van der Waals surface area contributed by atoms with Gasteiger partial charge in [-0.25, -0.2) is 0 Å². The van der Waals surface area contributed by atoms with Crippen LogP contribution >= 0.6 is 0 Å². The summed E-state index contributed by atoms with van der Waals surface area (Å²) in [6.07, 6.45) is 6.45. The smallest absolute Gasteiger partial charge is 0.128 e. The molecule has 1 aromatic rings. The summed E-state index contributed by atoms with van der Waals surface area (Å²) in [5.41, 5.74) is 4.14. The maximum atomic E-state index is 6.16. The molecule has 20 heavy (non-hydrogen) atoms. The fourth-order valence-corrected chi connectivity index (χ4v) is 3.93. The van der Waals surface area contributed by atoms with Crippen LogP contribution in [0.1, 0.15) is 55.8 Å². The third kappa shape index (κ3) is 1.91. The zero-order valence-corrected chi connectivity index (χ0v) is 12.4. The Morgan fingerprint density at radius 2 is 1.95 bits per heavy atom. The summed E-state index contributed by atoms with van der Waals surface area (Å²) < 4.78 is 12.2. The third-order valence-corrected chi connectivity index (χ3v) is 4.77. The van der Waals surface area contributed by atoms with Gasteiger partial charge in [-0.2, -0.15) is 0 Å². The average molecular weight is 273 g/mol. The van der Waals surface area contributed by atoms with Gasteiger partial charge in [0.15, 0.2) is 0 Å². The number of ether oxygens (including phenoxy) is 2. The van der Waals surface area contributed by atoms with Crippen LogP contribution in [-0.4, -0.2) is 18.8 Å². The number of piperidine rings is 1. The standard InChI is InChI=1S/C17H23NO2/c1-10-7-12-9-15-13(8-11(2)19-15)16(17(12)20-10)14-5-3-4-6-18-14/h9-11,14,18H,3-8H2,1-2H3. The molecule has 108 valence electrons. The normalized spacial score (nSPS) is 31.4. The van der Waals surface area contributed by atoms with Crippen LogP contribution in [0.2, 0.25) is 0 Å². The zero-order valence-electron chi connectivity index (χ0n) is 12.4. The molecule has 0 spiro atoms. The van der Waals surface area contributed by atoms with Crippen molar-refractivity contribution < 1.29 is 9.47 Å². The van der Waals surface area contributed by atoms with E-state index in [2.05, 4.69) is 25.2 Å². The van der Waals surface area contributed by atoms with E-state index in [0.717, 1.165) is 30.9 Å². The molecule has 3 heteroatoms. The van der Waals surface area contributed by atoms with E-state index in [0.29, 0.717) is 18.2 Å². The molecule has 3 aliphatic heterocycles. The van der Waals surface area contributed by atoms with Crippen molar-refractivity contribution in [1.29, 1.82) is 0 Å². The number of hydrogen-bond acceptors (Lipinski definition) is 3. The van der Waals surface area contributed by atoms with E-state index in [1.807, 2.05) is 0 Å². The van der Waals surface area contributed by atoms with Gasteiger partial charge in [0.1, 0.15) is 23.7 Å². The van der Waals surface area contributed by atoms with Gasteiger partial charge in [0, 0.05) is 35.6 Å². The van der Waals surface area contributed by atoms with E-state index < -0.39 is 0 Å². The Morgan fingerprint density at radius 3 is 2.75 bits per heavy atom. The topological polar surface area (TPSA) is 30.5 Å². The number of fused-ring (bicyclic) bond motifs is 2. The predicted molar refractivity (Wildman–Crippen MR) is 78.6 cm³/mol. The van der Waals surface area contributed by atoms with Gasteiger partial charge in [0.25, 0.3) is 0 Å². The summed E-state index contributed by atoms with van der Waals surface area (Å²) in [5, 5.41) is 3.69. The lowest BCUT2D eigenvalue weighted by molar-refractivity contribution is 0.248. The minimum Gasteiger partial charge on any atom is -0.490 e. The van der Waals surface area contributed by atoms with Crippen molar-refractivity contribution in [2.75, 3.05) is 6.54 Å². The predicted octanol–water partition coefficient (Wildman–Crippen LogP) is 3.15. The molecule has 0 amide bonds. The number of nitrogens with one attached hydrogen (secondary N) is 1. The van der Waals surface area contributed by atoms with Crippen LogP contribution in [0, 0.1) is 0 Å². The zero-order chi connectivity index (χ0) is 13.7. The van der Waals surface area contributed by atoms with Crippen molar-refractivity contribution in [1.82, 2.24) is 5.32 Å². The molecule has 0 radical (unpaired) electrons. The first-order valence-electron chi connectivity index (χ1n) is 7.97. The molecule has 0 saturated carbocycles. The fraction of sp³-hybridized carbons (Fsp3) is 0.647. The van der Waals surface area contributed by atoms with E-state index in [9.17, 15) is 0 Å². The van der Waals surface area contributed by atoms with Crippen LogP contribution in [0.15, 0.2) is 6.07 Å². The Hall–Kier alpha value is -1.22. The quantitative estimate of drug-likeness (QED) is 0.852. The molecule has 0 bridgehead atoms. The summed E-state index contributed by atoms with van der Waals surface area (Å²) in [6.45, 7) is 5.44. The van der Waals surface area contributed by atoms with Crippen LogP contribution in [0.25, 0.3) is 0 Å². The van der Waals surface area contributed by atoms with Gasteiger partial charge in [0.05, 0.1) is 0 Å². The SMILES string of the molecule is CC1Cc2c(cc3c(c2C2CCCCN2)OC(C)C3)O1. The molecular formula is C17H23NO2. The lowest BCUT2D eigenvalue weighted by Gasteiger charge is -2.27. The maximum Gasteiger partial charge on any atom is 0.128 e. The highest BCUT2D eigenvalue weighted by Crippen LogP contribution is 2.47. The van der Waals surface area contributed by atoms with Crippen molar-refractivity contribution in [3.05, 3.63) is 22.8 Å². The van der Waals surface area contributed by atoms with E-state index in [1.54, 1.807) is 0 Å². The van der Waals surface area contributed by atoms with Crippen LogP contribution < -0.4 is 14.8 Å². The van der Waals surface area contributed by atoms with Gasteiger partial charge in [0.2, 0.25) is 0 Å². The maximum absolute atomic E-state index is 6.16. The molecule has 3 aliphatic rings. The van der Waals surface area contributed by atoms with Crippen LogP contribution in [0.5, 0.6) is 11.5 Å². The largest absolute Gasteiger partial charge is 0.490 e. The van der Waals surface area contributed by atoms with Crippen molar-refractivity contribution in [2.45, 2.75) is 64.2 Å². The van der Waals surface area contributed by atoms with Crippen molar-refractivity contribution in [3.63, 3.8) is 0 Å². The Balaban J connectivity index is 1.83. The summed E-state index contributed by atoms with van der Waals surface area (Å²) in [4.78, 5) is 0. The average Bonchev–Trinajstić information content (AvgIpc) is 2.97. The molecule has 3 unspecified atom stereocenters. The van der Waals surface area contributed by atoms with Gasteiger partial charge in [-0.1, -0.05) is 6.42 Å². The molecule has 0 aromatic heterocycles. The summed E-state index contributed by atoms with van der Waals surface area (Å²) in [5.74, 6) is 2.27. The summed E-state index contributed by atoms with van der Waals surface area (Å²) >= 11 is 0. The fourth-order valence-electron chi connectivity index (χ4n) is 3.93. The van der Waals surface area contributed by atoms with E-state index in [4.69, 9.17) is 9.47 Å². The Kier molecular flexibility index (Phi) is 2.92. The van der Waals surface area contributed by atoms with Crippen molar-refractivity contribution in [3.8, 4) is 11.5 Å². The van der Waals surface area contributed by atoms with Gasteiger partial charge in [-0.3, -0.25) is 0 Å². The second kappa shape index (κ2) is 4.66. The van der Waals surface area contributed by atoms with Gasteiger partial charge < -0.3 is 14.8 Å². The Labute approximate surface area is 120 Å². The lowest BCUT2D eigenvalue weighted by atomic mass is 9.89. The molecule has 1 fully saturated rings. The first-order chi connectivity index (χ1) is 9.72. The molecule has 3 heterocycles. The molecule has 0 aliphatic carbocycles. The van der Waals surface area contributed by atoms with Gasteiger partial charge >= 0.3 is 0 Å².